The molecule has 2 aromatic rings. The van der Waals surface area contributed by atoms with Gasteiger partial charge in [-0.1, -0.05) is 24.3 Å². The largest absolute Gasteiger partial charge is 0.478 e. The van der Waals surface area contributed by atoms with Crippen molar-refractivity contribution >= 4 is 35.5 Å². The highest BCUT2D eigenvalue weighted by Crippen LogP contribution is 2.25. The lowest BCUT2D eigenvalue weighted by molar-refractivity contribution is -0.385. The maximum absolute atomic E-state index is 11.3. The molecule has 1 aromatic heterocycles. The topological polar surface area (TPSA) is 134 Å². The highest BCUT2D eigenvalue weighted by molar-refractivity contribution is 6.01. The van der Waals surface area contributed by atoms with E-state index in [0.29, 0.717) is 6.07 Å². The molecule has 0 unspecified atom stereocenters. The molecule has 0 saturated heterocycles. The molecule has 1 heterocycles. The first-order valence-corrected chi connectivity index (χ1v) is 7.32. The van der Waals surface area contributed by atoms with Gasteiger partial charge < -0.3 is 15.1 Å². The van der Waals surface area contributed by atoms with E-state index in [4.69, 9.17) is 10.2 Å². The number of hydrogen-bond acceptors (Lipinski definition) is 6. The Morgan fingerprint density at radius 3 is 2.35 bits per heavy atom. The Morgan fingerprint density at radius 1 is 1.15 bits per heavy atom. The predicted octanol–water partition coefficient (Wildman–Crippen LogP) is 2.62. The Labute approximate surface area is 148 Å². The van der Waals surface area contributed by atoms with Gasteiger partial charge in [0.15, 0.2) is 5.69 Å². The molecule has 9 nitrogen and oxygen atoms in total. The van der Waals surface area contributed by atoms with Crippen molar-refractivity contribution in [3.8, 4) is 0 Å². The maximum atomic E-state index is 11.3. The summed E-state index contributed by atoms with van der Waals surface area (Å²) < 4.78 is 0. The summed E-state index contributed by atoms with van der Waals surface area (Å²) in [5, 5.41) is 29.5. The summed E-state index contributed by atoms with van der Waals surface area (Å²) >= 11 is 0. The number of aromatic nitrogens is 1. The van der Waals surface area contributed by atoms with Crippen LogP contribution in [0.4, 0.5) is 11.4 Å². The predicted molar refractivity (Wildman–Crippen MR) is 94.5 cm³/mol. The van der Waals surface area contributed by atoms with E-state index in [9.17, 15) is 19.7 Å². The number of hydrogen-bond donors (Lipinski definition) is 2. The number of benzene rings is 1. The molecule has 134 valence electrons. The molecule has 2 N–H and O–H groups in total. The zero-order chi connectivity index (χ0) is 19.4. The van der Waals surface area contributed by atoms with Gasteiger partial charge in [0.25, 0.3) is 5.69 Å². The molecule has 1 aromatic carbocycles. The number of anilines is 1. The van der Waals surface area contributed by atoms with Crippen LogP contribution in [0.3, 0.4) is 0 Å². The van der Waals surface area contributed by atoms with E-state index in [1.54, 1.807) is 18.2 Å². The average Bonchev–Trinajstić information content (AvgIpc) is 2.58. The fraction of sp³-hybridized carbons (Fsp3) is 0.118. The van der Waals surface area contributed by atoms with Gasteiger partial charge in [0.2, 0.25) is 0 Å². The van der Waals surface area contributed by atoms with E-state index in [1.807, 2.05) is 31.1 Å². The molecule has 26 heavy (non-hydrogen) atoms. The Hall–Kier alpha value is -3.75. The molecule has 0 fully saturated rings. The number of aromatic carboxylic acids is 2. The molecule has 0 aliphatic heterocycles. The van der Waals surface area contributed by atoms with E-state index in [-0.39, 0.29) is 5.69 Å². The van der Waals surface area contributed by atoms with Crippen LogP contribution in [-0.2, 0) is 0 Å². The Morgan fingerprint density at radius 2 is 1.81 bits per heavy atom. The molecule has 0 atom stereocenters. The zero-order valence-corrected chi connectivity index (χ0v) is 13.9. The number of nitro groups is 1. The summed E-state index contributed by atoms with van der Waals surface area (Å²) in [6, 6.07) is 7.94. The molecule has 0 aliphatic rings. The highest BCUT2D eigenvalue weighted by Gasteiger charge is 2.25. The van der Waals surface area contributed by atoms with E-state index >= 15 is 0 Å². The maximum Gasteiger partial charge on any atom is 0.355 e. The van der Waals surface area contributed by atoms with Gasteiger partial charge in [0.1, 0.15) is 5.69 Å². The van der Waals surface area contributed by atoms with Gasteiger partial charge in [-0.3, -0.25) is 10.1 Å². The van der Waals surface area contributed by atoms with Crippen LogP contribution in [0.1, 0.15) is 32.1 Å². The van der Waals surface area contributed by atoms with Gasteiger partial charge in [-0.05, 0) is 17.7 Å². The number of rotatable bonds is 6. The third kappa shape index (κ3) is 3.83. The smallest absolute Gasteiger partial charge is 0.355 e. The van der Waals surface area contributed by atoms with Gasteiger partial charge in [-0.2, -0.15) is 0 Å². The fourth-order valence-electron chi connectivity index (χ4n) is 2.32. The Bertz CT molecular complexity index is 921. The van der Waals surface area contributed by atoms with Crippen LogP contribution < -0.4 is 4.90 Å². The van der Waals surface area contributed by atoms with Crippen molar-refractivity contribution in [1.29, 1.82) is 0 Å². The molecule has 0 amide bonds. The molecule has 9 heteroatoms. The van der Waals surface area contributed by atoms with E-state index < -0.39 is 33.8 Å². The third-order valence-corrected chi connectivity index (χ3v) is 3.50. The first-order valence-electron chi connectivity index (χ1n) is 7.32. The van der Waals surface area contributed by atoms with Crippen molar-refractivity contribution in [3.05, 3.63) is 63.0 Å². The standard InChI is InChI=1S/C17H15N3O6/c1-19(2)13-6-4-3-5-10(13)7-8-12-14(20(25)26)9-11(16(21)22)15(18-12)17(23)24/h3-9H,1-2H3,(H,21,22)(H,23,24)/b8-7+. The number of pyridine rings is 1. The van der Waals surface area contributed by atoms with Gasteiger partial charge in [0.05, 0.1) is 10.5 Å². The minimum absolute atomic E-state index is 0.244. The first-order chi connectivity index (χ1) is 12.2. The zero-order valence-electron chi connectivity index (χ0n) is 13.9. The monoisotopic (exact) mass is 357 g/mol. The van der Waals surface area contributed by atoms with Crippen molar-refractivity contribution in [2.45, 2.75) is 0 Å². The van der Waals surface area contributed by atoms with Crippen LogP contribution in [0.15, 0.2) is 30.3 Å². The normalized spacial score (nSPS) is 10.7. The summed E-state index contributed by atoms with van der Waals surface area (Å²) in [6.07, 6.45) is 2.84. The van der Waals surface area contributed by atoms with Crippen LogP contribution in [0.2, 0.25) is 0 Å². The van der Waals surface area contributed by atoms with E-state index in [0.717, 1.165) is 11.3 Å². The SMILES string of the molecule is CN(C)c1ccccc1/C=C/c1nc(C(=O)O)c(C(=O)O)cc1[N+](=O)[O-]. The number of nitrogens with zero attached hydrogens (tertiary/aromatic N) is 3. The average molecular weight is 357 g/mol. The van der Waals surface area contributed by atoms with Gasteiger partial charge in [-0.15, -0.1) is 0 Å². The summed E-state index contributed by atoms with van der Waals surface area (Å²) in [4.78, 5) is 38.4. The lowest BCUT2D eigenvalue weighted by Crippen LogP contribution is -2.13. The summed E-state index contributed by atoms with van der Waals surface area (Å²) in [5.74, 6) is -3.19. The van der Waals surface area contributed by atoms with Crippen molar-refractivity contribution in [2.75, 3.05) is 19.0 Å². The summed E-state index contributed by atoms with van der Waals surface area (Å²) in [7, 11) is 3.66. The lowest BCUT2D eigenvalue weighted by Gasteiger charge is -2.15. The number of carbonyl (C=O) groups is 2. The number of para-hydroxylation sites is 1. The van der Waals surface area contributed by atoms with Crippen LogP contribution in [0.25, 0.3) is 12.2 Å². The van der Waals surface area contributed by atoms with Crippen molar-refractivity contribution in [3.63, 3.8) is 0 Å². The van der Waals surface area contributed by atoms with Gasteiger partial charge in [0, 0.05) is 25.8 Å². The number of carboxylic acid groups (broad SMARTS) is 2. The minimum atomic E-state index is -1.61. The van der Waals surface area contributed by atoms with Crippen LogP contribution >= 0.6 is 0 Å². The minimum Gasteiger partial charge on any atom is -0.478 e. The second kappa shape index (κ2) is 7.43. The lowest BCUT2D eigenvalue weighted by atomic mass is 10.1. The molecular weight excluding hydrogens is 342 g/mol. The van der Waals surface area contributed by atoms with E-state index in [2.05, 4.69) is 4.98 Å². The molecular formula is C17H15N3O6. The van der Waals surface area contributed by atoms with Crippen LogP contribution in [-0.4, -0.2) is 46.2 Å². The third-order valence-electron chi connectivity index (χ3n) is 3.50. The second-order valence-electron chi connectivity index (χ2n) is 5.44. The highest BCUT2D eigenvalue weighted by atomic mass is 16.6. The first kappa shape index (κ1) is 18.6. The fourth-order valence-corrected chi connectivity index (χ4v) is 2.32. The van der Waals surface area contributed by atoms with Gasteiger partial charge >= 0.3 is 11.9 Å². The molecule has 0 saturated carbocycles. The van der Waals surface area contributed by atoms with Crippen molar-refractivity contribution < 1.29 is 24.7 Å². The summed E-state index contributed by atoms with van der Waals surface area (Å²) in [6.45, 7) is 0. The van der Waals surface area contributed by atoms with Gasteiger partial charge in [-0.25, -0.2) is 14.6 Å². The van der Waals surface area contributed by atoms with Crippen molar-refractivity contribution in [1.82, 2.24) is 4.98 Å². The molecule has 2 rings (SSSR count). The molecule has 0 bridgehead atoms. The van der Waals surface area contributed by atoms with Crippen LogP contribution in [0.5, 0.6) is 0 Å². The quantitative estimate of drug-likeness (QED) is 0.595. The number of carboxylic acids is 2. The molecule has 0 aliphatic carbocycles. The Kier molecular flexibility index (Phi) is 5.31. The molecule has 0 spiro atoms. The van der Waals surface area contributed by atoms with Crippen LogP contribution in [0, 0.1) is 10.1 Å². The van der Waals surface area contributed by atoms with E-state index in [1.165, 1.54) is 6.08 Å². The Balaban J connectivity index is 2.62. The second-order valence-corrected chi connectivity index (χ2v) is 5.44. The molecule has 0 radical (unpaired) electrons. The summed E-state index contributed by atoms with van der Waals surface area (Å²) in [5.41, 5.74) is -0.768. The van der Waals surface area contributed by atoms with Crippen molar-refractivity contribution in [2.24, 2.45) is 0 Å².